The van der Waals surface area contributed by atoms with Gasteiger partial charge in [-0.25, -0.2) is 0 Å². The van der Waals surface area contributed by atoms with Crippen LogP contribution in [-0.2, 0) is 6.42 Å². The molecule has 1 aliphatic rings. The summed E-state index contributed by atoms with van der Waals surface area (Å²) in [5, 5.41) is 0. The lowest BCUT2D eigenvalue weighted by Crippen LogP contribution is -2.15. The first-order valence-electron chi connectivity index (χ1n) is 7.88. The van der Waals surface area contributed by atoms with E-state index in [9.17, 15) is 0 Å². The third kappa shape index (κ3) is 3.11. The third-order valence-electron chi connectivity index (χ3n) is 4.34. The first-order chi connectivity index (χ1) is 10.3. The average Bonchev–Trinajstić information content (AvgIpc) is 2.55. The summed E-state index contributed by atoms with van der Waals surface area (Å²) in [7, 11) is 0. The average molecular weight is 281 g/mol. The van der Waals surface area contributed by atoms with Crippen LogP contribution in [-0.4, -0.2) is 0 Å². The van der Waals surface area contributed by atoms with E-state index in [0.717, 1.165) is 18.6 Å². The lowest BCUT2D eigenvalue weighted by Gasteiger charge is -2.26. The van der Waals surface area contributed by atoms with E-state index in [1.165, 1.54) is 29.5 Å². The Morgan fingerprint density at radius 1 is 1.14 bits per heavy atom. The highest BCUT2D eigenvalue weighted by atomic mass is 16.5. The van der Waals surface area contributed by atoms with Crippen molar-refractivity contribution in [3.05, 3.63) is 65.2 Å². The van der Waals surface area contributed by atoms with E-state index < -0.39 is 0 Å². The van der Waals surface area contributed by atoms with Crippen LogP contribution in [0.4, 0.5) is 0 Å². The van der Waals surface area contributed by atoms with E-state index in [0.29, 0.717) is 0 Å². The fraction of sp³-hybridized carbons (Fsp3) is 0.368. The Kier molecular flexibility index (Phi) is 4.26. The second-order valence-electron chi connectivity index (χ2n) is 5.78. The summed E-state index contributed by atoms with van der Waals surface area (Å²) in [4.78, 5) is 0. The molecule has 2 N–H and O–H groups in total. The van der Waals surface area contributed by atoms with Gasteiger partial charge < -0.3 is 10.5 Å². The standard InChI is InChI=1S/C19H23NO/c1-2-18(20)15-10-12-16(13-11-15)21-19-9-5-7-14-6-3-4-8-17(14)19/h3-4,6,8,10-13,18-19H,2,5,7,9,20H2,1H3/t18-,19?/m0/s1. The van der Waals surface area contributed by atoms with Crippen LogP contribution in [0, 0.1) is 0 Å². The highest BCUT2D eigenvalue weighted by Crippen LogP contribution is 2.33. The van der Waals surface area contributed by atoms with Crippen LogP contribution >= 0.6 is 0 Å². The van der Waals surface area contributed by atoms with Gasteiger partial charge in [-0.05, 0) is 54.5 Å². The number of rotatable bonds is 4. The molecule has 0 bridgehead atoms. The number of hydrogen-bond donors (Lipinski definition) is 1. The van der Waals surface area contributed by atoms with E-state index in [4.69, 9.17) is 10.5 Å². The SMILES string of the molecule is CC[C@H](N)c1ccc(OC2CCCc3ccccc32)cc1. The van der Waals surface area contributed by atoms with E-state index >= 15 is 0 Å². The van der Waals surface area contributed by atoms with Crippen LogP contribution in [0.5, 0.6) is 5.75 Å². The second-order valence-corrected chi connectivity index (χ2v) is 5.78. The Morgan fingerprint density at radius 3 is 2.67 bits per heavy atom. The molecule has 2 nitrogen and oxygen atoms in total. The van der Waals surface area contributed by atoms with Gasteiger partial charge in [0, 0.05) is 6.04 Å². The maximum Gasteiger partial charge on any atom is 0.124 e. The summed E-state index contributed by atoms with van der Waals surface area (Å²) >= 11 is 0. The van der Waals surface area contributed by atoms with E-state index in [-0.39, 0.29) is 12.1 Å². The fourth-order valence-electron chi connectivity index (χ4n) is 3.03. The Hall–Kier alpha value is -1.80. The predicted octanol–water partition coefficient (Wildman–Crippen LogP) is 4.55. The Morgan fingerprint density at radius 2 is 1.90 bits per heavy atom. The molecule has 2 aromatic rings. The maximum absolute atomic E-state index is 6.21. The normalized spacial score (nSPS) is 18.9. The molecule has 1 unspecified atom stereocenters. The van der Waals surface area contributed by atoms with Gasteiger partial charge in [0.1, 0.15) is 11.9 Å². The van der Waals surface area contributed by atoms with Crippen molar-refractivity contribution in [1.82, 2.24) is 0 Å². The molecule has 0 aliphatic heterocycles. The van der Waals surface area contributed by atoms with Crippen molar-refractivity contribution < 1.29 is 4.74 Å². The predicted molar refractivity (Wildman–Crippen MR) is 86.4 cm³/mol. The molecule has 2 heteroatoms. The molecule has 0 radical (unpaired) electrons. The van der Waals surface area contributed by atoms with Crippen molar-refractivity contribution in [2.75, 3.05) is 0 Å². The molecule has 1 aliphatic carbocycles. The molecule has 0 spiro atoms. The summed E-state index contributed by atoms with van der Waals surface area (Å²) in [5.41, 5.74) is 10.0. The molecule has 0 aromatic heterocycles. The summed E-state index contributed by atoms with van der Waals surface area (Å²) in [6.45, 7) is 2.11. The van der Waals surface area contributed by atoms with Gasteiger partial charge in [-0.3, -0.25) is 0 Å². The molecular weight excluding hydrogens is 258 g/mol. The maximum atomic E-state index is 6.21. The number of hydrogen-bond acceptors (Lipinski definition) is 2. The van der Waals surface area contributed by atoms with Gasteiger partial charge in [-0.15, -0.1) is 0 Å². The minimum Gasteiger partial charge on any atom is -0.486 e. The minimum absolute atomic E-state index is 0.120. The molecule has 0 saturated carbocycles. The molecule has 0 saturated heterocycles. The molecule has 3 rings (SSSR count). The topological polar surface area (TPSA) is 35.2 Å². The highest BCUT2D eigenvalue weighted by Gasteiger charge is 2.21. The van der Waals surface area contributed by atoms with Crippen LogP contribution in [0.15, 0.2) is 48.5 Å². The molecule has 0 amide bonds. The highest BCUT2D eigenvalue weighted by molar-refractivity contribution is 5.34. The van der Waals surface area contributed by atoms with Gasteiger partial charge in [-0.2, -0.15) is 0 Å². The van der Waals surface area contributed by atoms with E-state index in [1.807, 2.05) is 12.1 Å². The zero-order chi connectivity index (χ0) is 14.7. The smallest absolute Gasteiger partial charge is 0.124 e. The van der Waals surface area contributed by atoms with Crippen molar-refractivity contribution in [2.45, 2.75) is 44.8 Å². The second kappa shape index (κ2) is 6.31. The molecule has 0 fully saturated rings. The summed E-state index contributed by atoms with van der Waals surface area (Å²) < 4.78 is 6.21. The fourth-order valence-corrected chi connectivity index (χ4v) is 3.03. The van der Waals surface area contributed by atoms with E-state index in [1.54, 1.807) is 0 Å². The minimum atomic E-state index is 0.120. The number of benzene rings is 2. The Balaban J connectivity index is 1.76. The molecule has 110 valence electrons. The Labute approximate surface area is 126 Å². The molecule has 0 heterocycles. The number of fused-ring (bicyclic) bond motifs is 1. The van der Waals surface area contributed by atoms with Crippen LogP contribution in [0.2, 0.25) is 0 Å². The van der Waals surface area contributed by atoms with Gasteiger partial charge in [0.05, 0.1) is 0 Å². The van der Waals surface area contributed by atoms with Gasteiger partial charge in [-0.1, -0.05) is 43.3 Å². The third-order valence-corrected chi connectivity index (χ3v) is 4.34. The Bertz CT molecular complexity index is 591. The van der Waals surface area contributed by atoms with E-state index in [2.05, 4.69) is 43.3 Å². The number of nitrogens with two attached hydrogens (primary N) is 1. The largest absolute Gasteiger partial charge is 0.486 e. The van der Waals surface area contributed by atoms with Crippen molar-refractivity contribution in [3.8, 4) is 5.75 Å². The van der Waals surface area contributed by atoms with Gasteiger partial charge >= 0.3 is 0 Å². The molecular formula is C19H23NO. The number of aryl methyl sites for hydroxylation is 1. The zero-order valence-corrected chi connectivity index (χ0v) is 12.6. The zero-order valence-electron chi connectivity index (χ0n) is 12.6. The van der Waals surface area contributed by atoms with Crippen molar-refractivity contribution >= 4 is 0 Å². The van der Waals surface area contributed by atoms with Crippen LogP contribution in [0.3, 0.4) is 0 Å². The van der Waals surface area contributed by atoms with Crippen LogP contribution < -0.4 is 10.5 Å². The van der Waals surface area contributed by atoms with Crippen LogP contribution in [0.1, 0.15) is 55.0 Å². The number of ether oxygens (including phenoxy) is 1. The molecule has 2 aromatic carbocycles. The molecule has 2 atom stereocenters. The van der Waals surface area contributed by atoms with Crippen molar-refractivity contribution in [2.24, 2.45) is 5.73 Å². The first kappa shape index (κ1) is 14.2. The summed E-state index contributed by atoms with van der Waals surface area (Å²) in [6, 6.07) is 17.0. The van der Waals surface area contributed by atoms with Crippen LogP contribution in [0.25, 0.3) is 0 Å². The van der Waals surface area contributed by atoms with Crippen molar-refractivity contribution in [1.29, 1.82) is 0 Å². The molecule has 21 heavy (non-hydrogen) atoms. The van der Waals surface area contributed by atoms with Gasteiger partial charge in [0.2, 0.25) is 0 Å². The van der Waals surface area contributed by atoms with Gasteiger partial charge in [0.25, 0.3) is 0 Å². The quantitative estimate of drug-likeness (QED) is 0.892. The van der Waals surface area contributed by atoms with Crippen molar-refractivity contribution in [3.63, 3.8) is 0 Å². The summed E-state index contributed by atoms with van der Waals surface area (Å²) in [5.74, 6) is 0.934. The monoisotopic (exact) mass is 281 g/mol. The summed E-state index contributed by atoms with van der Waals surface area (Å²) in [6.07, 6.45) is 4.59. The first-order valence-corrected chi connectivity index (χ1v) is 7.88. The van der Waals surface area contributed by atoms with Gasteiger partial charge in [0.15, 0.2) is 0 Å². The lowest BCUT2D eigenvalue weighted by molar-refractivity contribution is 0.183. The lowest BCUT2D eigenvalue weighted by atomic mass is 9.89.